The highest BCUT2D eigenvalue weighted by Crippen LogP contribution is 2.36. The van der Waals surface area contributed by atoms with E-state index in [1.807, 2.05) is 0 Å². The third-order valence-corrected chi connectivity index (χ3v) is 4.77. The van der Waals surface area contributed by atoms with Gasteiger partial charge in [-0.1, -0.05) is 26.7 Å². The predicted molar refractivity (Wildman–Crippen MR) is 86.9 cm³/mol. The molecule has 0 radical (unpaired) electrons. The quantitative estimate of drug-likeness (QED) is 0.547. The highest BCUT2D eigenvalue weighted by Gasteiger charge is 2.28. The molecule has 1 nitrogen and oxygen atoms in total. The van der Waals surface area contributed by atoms with Crippen LogP contribution in [0.4, 0.5) is 22.0 Å². The van der Waals surface area contributed by atoms with Gasteiger partial charge in [-0.15, -0.1) is 0 Å². The molecule has 0 spiro atoms. The first-order valence-corrected chi connectivity index (χ1v) is 8.57. The van der Waals surface area contributed by atoms with Gasteiger partial charge in [0.15, 0.2) is 0 Å². The van der Waals surface area contributed by atoms with Crippen molar-refractivity contribution in [3.05, 3.63) is 41.0 Å². The van der Waals surface area contributed by atoms with Gasteiger partial charge in [0.1, 0.15) is 11.6 Å². The molecule has 1 saturated heterocycles. The van der Waals surface area contributed by atoms with Crippen molar-refractivity contribution in [2.24, 2.45) is 11.8 Å². The van der Waals surface area contributed by atoms with Gasteiger partial charge in [0.05, 0.1) is 12.7 Å². The number of rotatable bonds is 5. The summed E-state index contributed by atoms with van der Waals surface area (Å²) < 4.78 is 70.4. The van der Waals surface area contributed by atoms with Gasteiger partial charge in [-0.3, -0.25) is 0 Å². The van der Waals surface area contributed by atoms with E-state index in [0.29, 0.717) is 36.5 Å². The standard InChI is InChI=1S/C19H23F5O/c1-3-4-12(2)13-5-6-18(25-11-13)14-9-16(20)15(17(21)10-14)7-8-19(22,23)24/h7-10,12-13,18H,3-6,11H2,1-2H3/b8-7+. The maximum Gasteiger partial charge on any atom is 0.409 e. The molecule has 1 aliphatic heterocycles. The first kappa shape index (κ1) is 19.9. The maximum absolute atomic E-state index is 14.0. The largest absolute Gasteiger partial charge is 0.409 e. The molecule has 1 fully saturated rings. The van der Waals surface area contributed by atoms with Gasteiger partial charge in [0, 0.05) is 11.6 Å². The molecule has 6 heteroatoms. The van der Waals surface area contributed by atoms with E-state index in [9.17, 15) is 22.0 Å². The summed E-state index contributed by atoms with van der Waals surface area (Å²) in [7, 11) is 0. The summed E-state index contributed by atoms with van der Waals surface area (Å²) in [6.07, 6.45) is -1.03. The Hall–Kier alpha value is -1.43. The Morgan fingerprint density at radius 2 is 1.84 bits per heavy atom. The van der Waals surface area contributed by atoms with Crippen LogP contribution in [0.15, 0.2) is 18.2 Å². The minimum atomic E-state index is -4.62. The zero-order valence-electron chi connectivity index (χ0n) is 14.4. The molecular formula is C19H23F5O. The van der Waals surface area contributed by atoms with Gasteiger partial charge in [-0.25, -0.2) is 8.78 Å². The monoisotopic (exact) mass is 362 g/mol. The van der Waals surface area contributed by atoms with Crippen molar-refractivity contribution in [2.75, 3.05) is 6.61 Å². The van der Waals surface area contributed by atoms with Crippen molar-refractivity contribution >= 4 is 6.08 Å². The molecule has 1 heterocycles. The number of alkyl halides is 3. The van der Waals surface area contributed by atoms with Crippen LogP contribution >= 0.6 is 0 Å². The van der Waals surface area contributed by atoms with Crippen LogP contribution in [0.1, 0.15) is 56.8 Å². The van der Waals surface area contributed by atoms with Crippen molar-refractivity contribution in [1.82, 2.24) is 0 Å². The van der Waals surface area contributed by atoms with E-state index < -0.39 is 29.5 Å². The van der Waals surface area contributed by atoms with Gasteiger partial charge in [0.25, 0.3) is 0 Å². The number of hydrogen-bond donors (Lipinski definition) is 0. The third-order valence-electron chi connectivity index (χ3n) is 4.77. The molecule has 25 heavy (non-hydrogen) atoms. The van der Waals surface area contributed by atoms with E-state index in [0.717, 1.165) is 31.4 Å². The minimum absolute atomic E-state index is 0.176. The van der Waals surface area contributed by atoms with Crippen LogP contribution in [0, 0.1) is 23.5 Å². The summed E-state index contributed by atoms with van der Waals surface area (Å²) in [4.78, 5) is 0. The molecule has 0 saturated carbocycles. The molecule has 0 amide bonds. The van der Waals surface area contributed by atoms with Gasteiger partial charge in [-0.05, 0) is 48.4 Å². The first-order valence-electron chi connectivity index (χ1n) is 8.57. The van der Waals surface area contributed by atoms with Crippen molar-refractivity contribution in [3.63, 3.8) is 0 Å². The van der Waals surface area contributed by atoms with Crippen molar-refractivity contribution in [2.45, 2.75) is 51.8 Å². The first-order chi connectivity index (χ1) is 11.7. The van der Waals surface area contributed by atoms with Crippen molar-refractivity contribution < 1.29 is 26.7 Å². The molecule has 1 aliphatic rings. The topological polar surface area (TPSA) is 9.23 Å². The van der Waals surface area contributed by atoms with E-state index in [4.69, 9.17) is 4.74 Å². The molecule has 1 aromatic carbocycles. The fourth-order valence-corrected chi connectivity index (χ4v) is 3.30. The molecular weight excluding hydrogens is 339 g/mol. The van der Waals surface area contributed by atoms with Crippen LogP contribution < -0.4 is 0 Å². The lowest BCUT2D eigenvalue weighted by molar-refractivity contribution is -0.0790. The SMILES string of the molecule is CCCC(C)C1CCC(c2cc(F)c(/C=C/C(F)(F)F)c(F)c2)OC1. The fraction of sp³-hybridized carbons (Fsp3) is 0.579. The second kappa shape index (κ2) is 8.30. The number of benzene rings is 1. The lowest BCUT2D eigenvalue weighted by Crippen LogP contribution is -2.25. The Bertz CT molecular complexity index is 577. The van der Waals surface area contributed by atoms with E-state index >= 15 is 0 Å². The van der Waals surface area contributed by atoms with Crippen molar-refractivity contribution in [3.8, 4) is 0 Å². The van der Waals surface area contributed by atoms with Crippen LogP contribution in [-0.2, 0) is 4.74 Å². The fourth-order valence-electron chi connectivity index (χ4n) is 3.30. The molecule has 0 bridgehead atoms. The van der Waals surface area contributed by atoms with Gasteiger partial charge in [-0.2, -0.15) is 13.2 Å². The van der Waals surface area contributed by atoms with Crippen LogP contribution in [-0.4, -0.2) is 12.8 Å². The van der Waals surface area contributed by atoms with E-state index in [1.165, 1.54) is 0 Å². The Morgan fingerprint density at radius 3 is 2.32 bits per heavy atom. The van der Waals surface area contributed by atoms with Crippen LogP contribution in [0.3, 0.4) is 0 Å². The molecule has 140 valence electrons. The lowest BCUT2D eigenvalue weighted by atomic mass is 9.84. The average molecular weight is 362 g/mol. The van der Waals surface area contributed by atoms with Gasteiger partial charge in [0.2, 0.25) is 0 Å². The number of ether oxygens (including phenoxy) is 1. The van der Waals surface area contributed by atoms with E-state index in [2.05, 4.69) is 13.8 Å². The summed E-state index contributed by atoms with van der Waals surface area (Å²) in [5, 5.41) is 0. The van der Waals surface area contributed by atoms with Crippen LogP contribution in [0.2, 0.25) is 0 Å². The summed E-state index contributed by atoms with van der Waals surface area (Å²) in [6.45, 7) is 4.84. The van der Waals surface area contributed by atoms with E-state index in [1.54, 1.807) is 0 Å². The molecule has 2 rings (SSSR count). The molecule has 0 N–H and O–H groups in total. The smallest absolute Gasteiger partial charge is 0.373 e. The summed E-state index contributed by atoms with van der Waals surface area (Å²) >= 11 is 0. The maximum atomic E-state index is 14.0. The average Bonchev–Trinajstić information content (AvgIpc) is 2.53. The van der Waals surface area contributed by atoms with Crippen LogP contribution in [0.5, 0.6) is 0 Å². The molecule has 0 aromatic heterocycles. The van der Waals surface area contributed by atoms with Gasteiger partial charge >= 0.3 is 6.18 Å². The summed E-state index contributed by atoms with van der Waals surface area (Å²) in [6, 6.07) is 2.14. The number of hydrogen-bond acceptors (Lipinski definition) is 1. The number of allylic oxidation sites excluding steroid dienone is 1. The lowest BCUT2D eigenvalue weighted by Gasteiger charge is -2.33. The Morgan fingerprint density at radius 1 is 1.20 bits per heavy atom. The Labute approximate surface area is 144 Å². The number of halogens is 5. The second-order valence-corrected chi connectivity index (χ2v) is 6.70. The third kappa shape index (κ3) is 5.53. The predicted octanol–water partition coefficient (Wildman–Crippen LogP) is 6.44. The zero-order chi connectivity index (χ0) is 18.6. The van der Waals surface area contributed by atoms with E-state index in [-0.39, 0.29) is 6.08 Å². The summed E-state index contributed by atoms with van der Waals surface area (Å²) in [5.74, 6) is -1.06. The minimum Gasteiger partial charge on any atom is -0.373 e. The highest BCUT2D eigenvalue weighted by atomic mass is 19.4. The Balaban J connectivity index is 2.08. The molecule has 0 aliphatic carbocycles. The summed E-state index contributed by atoms with van der Waals surface area (Å²) in [5.41, 5.74) is -0.355. The van der Waals surface area contributed by atoms with Crippen LogP contribution in [0.25, 0.3) is 6.08 Å². The molecule has 3 atom stereocenters. The molecule has 1 aromatic rings. The normalized spacial score (nSPS) is 23.2. The highest BCUT2D eigenvalue weighted by molar-refractivity contribution is 5.52. The van der Waals surface area contributed by atoms with Gasteiger partial charge < -0.3 is 4.74 Å². The van der Waals surface area contributed by atoms with Crippen molar-refractivity contribution in [1.29, 1.82) is 0 Å². The molecule has 3 unspecified atom stereocenters. The zero-order valence-corrected chi connectivity index (χ0v) is 14.4. The second-order valence-electron chi connectivity index (χ2n) is 6.70. The Kier molecular flexibility index (Phi) is 6.60.